The van der Waals surface area contributed by atoms with Gasteiger partial charge in [0.25, 0.3) is 0 Å². The van der Waals surface area contributed by atoms with Crippen molar-refractivity contribution >= 4 is 5.71 Å². The van der Waals surface area contributed by atoms with E-state index in [4.69, 9.17) is 0 Å². The number of halogens is 1. The molecule has 0 aromatic rings. The highest BCUT2D eigenvalue weighted by Gasteiger charge is 2.22. The number of allylic oxidation sites excluding steroid dienone is 1. The molecule has 1 unspecified atom stereocenters. The molecule has 0 fully saturated rings. The van der Waals surface area contributed by atoms with Crippen LogP contribution in [0.1, 0.15) is 33.6 Å². The highest BCUT2D eigenvalue weighted by Crippen LogP contribution is 2.22. The van der Waals surface area contributed by atoms with E-state index in [9.17, 15) is 4.39 Å². The van der Waals surface area contributed by atoms with E-state index >= 15 is 0 Å². The van der Waals surface area contributed by atoms with Crippen molar-refractivity contribution in [2.75, 3.05) is 0 Å². The SMILES string of the molecule is CC1CC=CN=C1CC(C)(C)F. The van der Waals surface area contributed by atoms with Crippen LogP contribution in [0, 0.1) is 5.92 Å². The van der Waals surface area contributed by atoms with E-state index in [1.165, 1.54) is 0 Å². The first-order valence-corrected chi connectivity index (χ1v) is 4.39. The highest BCUT2D eigenvalue weighted by atomic mass is 19.1. The van der Waals surface area contributed by atoms with Gasteiger partial charge in [0.05, 0.1) is 0 Å². The van der Waals surface area contributed by atoms with Crippen LogP contribution in [0.2, 0.25) is 0 Å². The lowest BCUT2D eigenvalue weighted by Crippen LogP contribution is -2.23. The summed E-state index contributed by atoms with van der Waals surface area (Å²) < 4.78 is 13.2. The van der Waals surface area contributed by atoms with E-state index in [1.54, 1.807) is 20.0 Å². The first-order valence-electron chi connectivity index (χ1n) is 4.39. The van der Waals surface area contributed by atoms with Crippen LogP contribution < -0.4 is 0 Å². The van der Waals surface area contributed by atoms with Crippen molar-refractivity contribution in [3.63, 3.8) is 0 Å². The third-order valence-electron chi connectivity index (χ3n) is 2.01. The molecule has 0 aromatic carbocycles. The van der Waals surface area contributed by atoms with Crippen molar-refractivity contribution in [3.05, 3.63) is 12.3 Å². The van der Waals surface area contributed by atoms with Gasteiger partial charge in [-0.25, -0.2) is 4.39 Å². The summed E-state index contributed by atoms with van der Waals surface area (Å²) in [6.45, 7) is 5.29. The van der Waals surface area contributed by atoms with Gasteiger partial charge < -0.3 is 0 Å². The monoisotopic (exact) mass is 169 g/mol. The van der Waals surface area contributed by atoms with E-state index in [-0.39, 0.29) is 0 Å². The van der Waals surface area contributed by atoms with Crippen LogP contribution in [0.25, 0.3) is 0 Å². The van der Waals surface area contributed by atoms with Gasteiger partial charge in [-0.2, -0.15) is 0 Å². The molecule has 0 saturated heterocycles. The van der Waals surface area contributed by atoms with Gasteiger partial charge >= 0.3 is 0 Å². The molecule has 2 heteroatoms. The Hall–Kier alpha value is -0.660. The van der Waals surface area contributed by atoms with Crippen molar-refractivity contribution in [1.82, 2.24) is 0 Å². The summed E-state index contributed by atoms with van der Waals surface area (Å²) in [5.74, 6) is 0.407. The topological polar surface area (TPSA) is 12.4 Å². The maximum atomic E-state index is 13.2. The molecule has 1 atom stereocenters. The molecule has 1 heterocycles. The van der Waals surface area contributed by atoms with Crippen LogP contribution in [0.5, 0.6) is 0 Å². The molecular formula is C10H16FN. The molecule has 0 aliphatic carbocycles. The Labute approximate surface area is 73.4 Å². The van der Waals surface area contributed by atoms with Crippen molar-refractivity contribution in [1.29, 1.82) is 0 Å². The van der Waals surface area contributed by atoms with E-state index in [1.807, 2.05) is 6.08 Å². The molecule has 68 valence electrons. The fraction of sp³-hybridized carbons (Fsp3) is 0.700. The van der Waals surface area contributed by atoms with Crippen LogP contribution >= 0.6 is 0 Å². The van der Waals surface area contributed by atoms with Crippen LogP contribution in [0.15, 0.2) is 17.3 Å². The molecule has 1 nitrogen and oxygen atoms in total. The average Bonchev–Trinajstić information content (AvgIpc) is 1.91. The smallest absolute Gasteiger partial charge is 0.110 e. The van der Waals surface area contributed by atoms with Crippen molar-refractivity contribution in [3.8, 4) is 0 Å². The number of alkyl halides is 1. The summed E-state index contributed by atoms with van der Waals surface area (Å²) >= 11 is 0. The second-order valence-electron chi connectivity index (χ2n) is 4.04. The molecule has 1 rings (SSSR count). The van der Waals surface area contributed by atoms with Gasteiger partial charge in [0.15, 0.2) is 0 Å². The summed E-state index contributed by atoms with van der Waals surface area (Å²) in [6.07, 6.45) is 5.26. The second kappa shape index (κ2) is 3.38. The van der Waals surface area contributed by atoms with Crippen molar-refractivity contribution in [2.24, 2.45) is 10.9 Å². The zero-order chi connectivity index (χ0) is 9.19. The van der Waals surface area contributed by atoms with Gasteiger partial charge in [-0.15, -0.1) is 0 Å². The Bertz CT molecular complexity index is 210. The molecule has 0 N–H and O–H groups in total. The normalized spacial score (nSPS) is 24.0. The predicted octanol–water partition coefficient (Wildman–Crippen LogP) is 3.12. The number of nitrogens with zero attached hydrogens (tertiary/aromatic N) is 1. The molecule has 0 bridgehead atoms. The fourth-order valence-corrected chi connectivity index (χ4v) is 1.33. The number of rotatable bonds is 2. The standard InChI is InChI=1S/C10H16FN/c1-8-5-4-6-12-9(8)7-10(2,3)11/h4,6,8H,5,7H2,1-3H3. The zero-order valence-corrected chi connectivity index (χ0v) is 7.97. The molecule has 0 spiro atoms. The minimum Gasteiger partial charge on any atom is -0.266 e. The summed E-state index contributed by atoms with van der Waals surface area (Å²) in [4.78, 5) is 4.19. The number of aliphatic imine (C=N–C) groups is 1. The Morgan fingerprint density at radius 3 is 2.83 bits per heavy atom. The van der Waals surface area contributed by atoms with Gasteiger partial charge in [-0.05, 0) is 26.2 Å². The Morgan fingerprint density at radius 2 is 2.33 bits per heavy atom. The largest absolute Gasteiger partial charge is 0.266 e. The lowest BCUT2D eigenvalue weighted by Gasteiger charge is -2.21. The molecule has 1 aliphatic heterocycles. The van der Waals surface area contributed by atoms with Crippen LogP contribution in [-0.2, 0) is 0 Å². The van der Waals surface area contributed by atoms with E-state index in [2.05, 4.69) is 11.9 Å². The first-order chi connectivity index (χ1) is 5.49. The fourth-order valence-electron chi connectivity index (χ4n) is 1.33. The maximum absolute atomic E-state index is 13.2. The Morgan fingerprint density at radius 1 is 1.67 bits per heavy atom. The Balaban J connectivity index is 2.62. The molecule has 0 saturated carbocycles. The van der Waals surface area contributed by atoms with Gasteiger partial charge in [-0.3, -0.25) is 4.99 Å². The van der Waals surface area contributed by atoms with Crippen LogP contribution in [0.4, 0.5) is 4.39 Å². The van der Waals surface area contributed by atoms with E-state index in [0.717, 1.165) is 12.1 Å². The van der Waals surface area contributed by atoms with Crippen LogP contribution in [-0.4, -0.2) is 11.4 Å². The Kier molecular flexibility index (Phi) is 2.65. The zero-order valence-electron chi connectivity index (χ0n) is 7.97. The summed E-state index contributed by atoms with van der Waals surface area (Å²) in [7, 11) is 0. The summed E-state index contributed by atoms with van der Waals surface area (Å²) in [6, 6.07) is 0. The lowest BCUT2D eigenvalue weighted by atomic mass is 9.91. The molecular weight excluding hydrogens is 153 g/mol. The quantitative estimate of drug-likeness (QED) is 0.602. The van der Waals surface area contributed by atoms with Crippen molar-refractivity contribution < 1.29 is 4.39 Å². The highest BCUT2D eigenvalue weighted by molar-refractivity contribution is 5.88. The van der Waals surface area contributed by atoms with Gasteiger partial charge in [0, 0.05) is 18.3 Å². The third-order valence-corrected chi connectivity index (χ3v) is 2.01. The average molecular weight is 169 g/mol. The molecule has 12 heavy (non-hydrogen) atoms. The van der Waals surface area contributed by atoms with E-state index < -0.39 is 5.67 Å². The summed E-state index contributed by atoms with van der Waals surface area (Å²) in [5.41, 5.74) is -0.136. The van der Waals surface area contributed by atoms with Crippen LogP contribution in [0.3, 0.4) is 0 Å². The molecule has 0 amide bonds. The number of hydrogen-bond donors (Lipinski definition) is 0. The molecule has 0 radical (unpaired) electrons. The second-order valence-corrected chi connectivity index (χ2v) is 4.04. The summed E-state index contributed by atoms with van der Waals surface area (Å²) in [5, 5.41) is 0. The van der Waals surface area contributed by atoms with E-state index in [0.29, 0.717) is 12.3 Å². The van der Waals surface area contributed by atoms with Crippen molar-refractivity contribution in [2.45, 2.75) is 39.3 Å². The minimum atomic E-state index is -1.13. The predicted molar refractivity (Wildman–Crippen MR) is 50.2 cm³/mol. The number of hydrogen-bond acceptors (Lipinski definition) is 1. The first kappa shape index (κ1) is 9.43. The van der Waals surface area contributed by atoms with Gasteiger partial charge in [0.2, 0.25) is 0 Å². The third kappa shape index (κ3) is 2.76. The molecule has 1 aliphatic rings. The maximum Gasteiger partial charge on any atom is 0.110 e. The molecule has 0 aromatic heterocycles. The minimum absolute atomic E-state index is 0.407. The van der Waals surface area contributed by atoms with Gasteiger partial charge in [-0.1, -0.05) is 13.0 Å². The van der Waals surface area contributed by atoms with Gasteiger partial charge in [0.1, 0.15) is 5.67 Å². The lowest BCUT2D eigenvalue weighted by molar-refractivity contribution is 0.226.